The van der Waals surface area contributed by atoms with E-state index in [2.05, 4.69) is 5.32 Å². The monoisotopic (exact) mass is 425 g/mol. The molecule has 158 valence electrons. The van der Waals surface area contributed by atoms with Crippen molar-refractivity contribution in [3.05, 3.63) is 53.3 Å². The molecule has 0 unspecified atom stereocenters. The van der Waals surface area contributed by atoms with Gasteiger partial charge in [0, 0.05) is 5.75 Å². The summed E-state index contributed by atoms with van der Waals surface area (Å²) in [5.74, 6) is -1.71. The molecule has 0 radical (unpaired) electrons. The minimum absolute atomic E-state index is 0. The molecule has 2 amide bonds. The Bertz CT molecular complexity index is 854. The summed E-state index contributed by atoms with van der Waals surface area (Å²) in [6, 6.07) is 4.06. The van der Waals surface area contributed by atoms with Crippen molar-refractivity contribution in [1.82, 2.24) is 10.2 Å². The lowest BCUT2D eigenvalue weighted by Crippen LogP contribution is -2.71. The number of thioether (sulfide) groups is 1. The number of carboxylic acid groups (broad SMARTS) is 1. The van der Waals surface area contributed by atoms with Crippen molar-refractivity contribution in [3.63, 3.8) is 0 Å². The molecule has 3 rings (SSSR count). The van der Waals surface area contributed by atoms with Gasteiger partial charge in [0.05, 0.1) is 0 Å². The average molecular weight is 425 g/mol. The van der Waals surface area contributed by atoms with Crippen molar-refractivity contribution in [3.8, 4) is 5.75 Å². The Balaban J connectivity index is 0.00000210. The number of β-lactam (4-membered cyclic amide) rings is 1. The molecular formula is C18H23N3O7S. The molecule has 1 aromatic rings. The van der Waals surface area contributed by atoms with Gasteiger partial charge in [-0.15, -0.1) is 11.8 Å². The van der Waals surface area contributed by atoms with E-state index in [1.807, 2.05) is 0 Å². The normalized spacial score (nSPS) is 21.4. The maximum atomic E-state index is 12.5. The second-order valence-electron chi connectivity index (χ2n) is 6.14. The zero-order chi connectivity index (χ0) is 19.7. The molecule has 10 nitrogen and oxygen atoms in total. The maximum absolute atomic E-state index is 12.5. The smallest absolute Gasteiger partial charge is 0.352 e. The average Bonchev–Trinajstić information content (AvgIpc) is 2.65. The van der Waals surface area contributed by atoms with Gasteiger partial charge in [0.25, 0.3) is 5.91 Å². The number of aromatic hydroxyl groups is 1. The predicted octanol–water partition coefficient (Wildman–Crippen LogP) is -0.943. The van der Waals surface area contributed by atoms with Crippen LogP contribution in [-0.2, 0) is 14.4 Å². The summed E-state index contributed by atoms with van der Waals surface area (Å²) < 4.78 is 0. The van der Waals surface area contributed by atoms with E-state index in [1.54, 1.807) is 19.1 Å². The van der Waals surface area contributed by atoms with Gasteiger partial charge >= 0.3 is 5.97 Å². The number of benzene rings is 1. The van der Waals surface area contributed by atoms with Crippen LogP contribution < -0.4 is 11.1 Å². The van der Waals surface area contributed by atoms with Gasteiger partial charge in [-0.1, -0.05) is 24.3 Å². The molecule has 0 saturated carbocycles. The molecule has 11 heteroatoms. The topological polar surface area (TPSA) is 196 Å². The Morgan fingerprint density at radius 2 is 1.93 bits per heavy atom. The van der Waals surface area contributed by atoms with Gasteiger partial charge in [0.15, 0.2) is 0 Å². The molecular weight excluding hydrogens is 402 g/mol. The first-order valence-corrected chi connectivity index (χ1v) is 9.28. The number of rotatable bonds is 5. The van der Waals surface area contributed by atoms with Crippen LogP contribution in [0.25, 0.3) is 0 Å². The van der Waals surface area contributed by atoms with Crippen LogP contribution >= 0.6 is 11.8 Å². The van der Waals surface area contributed by atoms with E-state index in [1.165, 1.54) is 40.9 Å². The van der Waals surface area contributed by atoms with Gasteiger partial charge in [-0.3, -0.25) is 14.5 Å². The third-order valence-electron chi connectivity index (χ3n) is 4.40. The van der Waals surface area contributed by atoms with Crippen LogP contribution in [0.3, 0.4) is 0 Å². The second kappa shape index (κ2) is 9.56. The van der Waals surface area contributed by atoms with E-state index in [0.717, 1.165) is 0 Å². The molecule has 2 heterocycles. The number of nitrogens with one attached hydrogen (secondary N) is 1. The summed E-state index contributed by atoms with van der Waals surface area (Å²) in [4.78, 5) is 37.7. The highest BCUT2D eigenvalue weighted by Gasteiger charge is 2.54. The lowest BCUT2D eigenvalue weighted by molar-refractivity contribution is -0.150. The van der Waals surface area contributed by atoms with Gasteiger partial charge in [-0.2, -0.15) is 0 Å². The largest absolute Gasteiger partial charge is 0.508 e. The number of phenols is 1. The Morgan fingerprint density at radius 1 is 1.31 bits per heavy atom. The molecule has 0 bridgehead atoms. The molecule has 0 spiro atoms. The summed E-state index contributed by atoms with van der Waals surface area (Å²) in [6.45, 7) is 1.77. The zero-order valence-corrected chi connectivity index (χ0v) is 16.3. The number of amides is 2. The number of nitrogens with two attached hydrogens (primary N) is 1. The molecule has 0 aliphatic carbocycles. The van der Waals surface area contributed by atoms with Crippen LogP contribution in [0.4, 0.5) is 0 Å². The van der Waals surface area contributed by atoms with E-state index < -0.39 is 35.2 Å². The molecule has 3 atom stereocenters. The Morgan fingerprint density at radius 3 is 2.48 bits per heavy atom. The lowest BCUT2D eigenvalue weighted by atomic mass is 10.0. The molecule has 1 saturated heterocycles. The number of phenolic OH excluding ortho intramolecular Hbond substituents is 1. The van der Waals surface area contributed by atoms with Crippen LogP contribution in [0.15, 0.2) is 47.7 Å². The van der Waals surface area contributed by atoms with Crippen LogP contribution in [0, 0.1) is 0 Å². The summed E-state index contributed by atoms with van der Waals surface area (Å²) in [5, 5.41) is 20.9. The van der Waals surface area contributed by atoms with Gasteiger partial charge < -0.3 is 32.2 Å². The van der Waals surface area contributed by atoms with Crippen LogP contribution in [0.5, 0.6) is 5.75 Å². The first-order chi connectivity index (χ1) is 12.8. The number of carboxylic acids is 1. The van der Waals surface area contributed by atoms with Crippen molar-refractivity contribution >= 4 is 29.5 Å². The van der Waals surface area contributed by atoms with Crippen molar-refractivity contribution in [2.45, 2.75) is 24.4 Å². The number of carbonyl (C=O) groups is 3. The fourth-order valence-electron chi connectivity index (χ4n) is 3.05. The zero-order valence-electron chi connectivity index (χ0n) is 15.5. The first kappa shape index (κ1) is 24.2. The molecule has 2 aliphatic heterocycles. The fourth-order valence-corrected chi connectivity index (χ4v) is 4.37. The lowest BCUT2D eigenvalue weighted by Gasteiger charge is -2.49. The van der Waals surface area contributed by atoms with E-state index in [0.29, 0.717) is 16.9 Å². The van der Waals surface area contributed by atoms with Crippen LogP contribution in [0.2, 0.25) is 0 Å². The fraction of sp³-hybridized carbons (Fsp3) is 0.278. The number of hydrogen-bond donors (Lipinski definition) is 4. The van der Waals surface area contributed by atoms with Gasteiger partial charge in [-0.05, 0) is 30.2 Å². The summed E-state index contributed by atoms with van der Waals surface area (Å²) in [5.41, 5.74) is 6.93. The van der Waals surface area contributed by atoms with Crippen molar-refractivity contribution in [2.75, 3.05) is 5.75 Å². The van der Waals surface area contributed by atoms with Crippen molar-refractivity contribution in [1.29, 1.82) is 0 Å². The standard InChI is InChI=1S/C18H19N3O5S.2H2O/c1-2-3-10-8-27-17-13(16(24)21(17)14(10)18(25)26)20-15(23)12(19)9-4-6-11(22)7-5-9;;/h2-7,12-13,17,22H,8,19H2,1H3,(H,20,23)(H,25,26);2*1H2/b3-2-;;/t12-,13-,17-;;/m1../s1. The number of carbonyl (C=O) groups excluding carboxylic acids is 2. The molecule has 1 aromatic carbocycles. The Kier molecular flexibility index (Phi) is 7.97. The number of nitrogens with zero attached hydrogens (tertiary/aromatic N) is 1. The molecule has 2 aliphatic rings. The van der Waals surface area contributed by atoms with E-state index in [9.17, 15) is 24.6 Å². The second-order valence-corrected chi connectivity index (χ2v) is 7.25. The summed E-state index contributed by atoms with van der Waals surface area (Å²) in [6.07, 6.45) is 3.39. The molecule has 1 fully saturated rings. The van der Waals surface area contributed by atoms with E-state index in [-0.39, 0.29) is 22.4 Å². The highest BCUT2D eigenvalue weighted by Crippen LogP contribution is 2.40. The van der Waals surface area contributed by atoms with Gasteiger partial charge in [0.1, 0.15) is 28.9 Å². The third kappa shape index (κ3) is 4.43. The third-order valence-corrected chi connectivity index (χ3v) is 5.70. The van der Waals surface area contributed by atoms with Gasteiger partial charge in [0.2, 0.25) is 5.91 Å². The summed E-state index contributed by atoms with van der Waals surface area (Å²) >= 11 is 1.39. The minimum atomic E-state index is -1.17. The SMILES string of the molecule is C/C=C\C1=C(C(=O)O)N2C(=O)[C@@H](NC(=O)[C@H](N)c3ccc(O)cc3)[C@H]2SC1.O.O. The van der Waals surface area contributed by atoms with E-state index >= 15 is 0 Å². The maximum Gasteiger partial charge on any atom is 0.352 e. The number of aliphatic carboxylic acids is 1. The molecule has 29 heavy (non-hydrogen) atoms. The van der Waals surface area contributed by atoms with Crippen LogP contribution in [-0.4, -0.2) is 61.0 Å². The Labute approximate surface area is 170 Å². The predicted molar refractivity (Wildman–Crippen MR) is 107 cm³/mol. The quantitative estimate of drug-likeness (QED) is 0.436. The number of hydrogen-bond acceptors (Lipinski definition) is 6. The number of allylic oxidation sites excluding steroid dienone is 2. The Hall–Kier alpha value is -2.86. The highest BCUT2D eigenvalue weighted by molar-refractivity contribution is 8.00. The van der Waals surface area contributed by atoms with Crippen molar-refractivity contribution in [2.24, 2.45) is 5.73 Å². The van der Waals surface area contributed by atoms with Crippen molar-refractivity contribution < 1.29 is 35.5 Å². The van der Waals surface area contributed by atoms with Crippen LogP contribution in [0.1, 0.15) is 18.5 Å². The first-order valence-electron chi connectivity index (χ1n) is 8.24. The van der Waals surface area contributed by atoms with Gasteiger partial charge in [-0.25, -0.2) is 4.79 Å². The number of fused-ring (bicyclic) bond motifs is 1. The van der Waals surface area contributed by atoms with E-state index in [4.69, 9.17) is 5.73 Å². The summed E-state index contributed by atoms with van der Waals surface area (Å²) in [7, 11) is 0. The minimum Gasteiger partial charge on any atom is -0.508 e. The molecule has 9 N–H and O–H groups in total. The highest BCUT2D eigenvalue weighted by atomic mass is 32.2. The molecule has 0 aromatic heterocycles.